The Hall–Kier alpha value is -1.11. The molecule has 0 amide bonds. The topological polar surface area (TPSA) is 54.6 Å². The zero-order valence-electron chi connectivity index (χ0n) is 7.36. The fourth-order valence-electron chi connectivity index (χ4n) is 1.27. The average molecular weight is 302 g/mol. The van der Waals surface area contributed by atoms with E-state index in [-0.39, 0.29) is 5.56 Å². The summed E-state index contributed by atoms with van der Waals surface area (Å²) in [5.74, 6) is -0.928. The van der Waals surface area contributed by atoms with Crippen molar-refractivity contribution >= 4 is 34.2 Å². The van der Waals surface area contributed by atoms with Crippen molar-refractivity contribution in [1.82, 2.24) is 9.38 Å². The van der Waals surface area contributed by atoms with Gasteiger partial charge in [-0.1, -0.05) is 0 Å². The number of fused-ring (bicyclic) bond motifs is 1. The molecule has 4 nitrogen and oxygen atoms in total. The fourth-order valence-corrected chi connectivity index (χ4v) is 1.79. The number of aryl methyl sites for hydroxylation is 1. The Morgan fingerprint density at radius 2 is 2.36 bits per heavy atom. The highest BCUT2D eigenvalue weighted by atomic mass is 127. The van der Waals surface area contributed by atoms with Crippen molar-refractivity contribution in [2.24, 2.45) is 0 Å². The summed E-state index contributed by atoms with van der Waals surface area (Å²) < 4.78 is 2.87. The summed E-state index contributed by atoms with van der Waals surface area (Å²) in [7, 11) is 0. The lowest BCUT2D eigenvalue weighted by molar-refractivity contribution is 0.0697. The largest absolute Gasteiger partial charge is 0.478 e. The van der Waals surface area contributed by atoms with Crippen LogP contribution in [0, 0.1) is 10.6 Å². The third-order valence-electron chi connectivity index (χ3n) is 1.97. The summed E-state index contributed by atoms with van der Waals surface area (Å²) in [6.45, 7) is 1.90. The number of imidazole rings is 1. The van der Waals surface area contributed by atoms with Gasteiger partial charge in [-0.3, -0.25) is 4.40 Å². The van der Waals surface area contributed by atoms with Crippen LogP contribution in [0.15, 0.2) is 18.3 Å². The predicted molar refractivity (Wildman–Crippen MR) is 59.6 cm³/mol. The van der Waals surface area contributed by atoms with Gasteiger partial charge in [-0.2, -0.15) is 0 Å². The molecule has 0 aliphatic rings. The van der Waals surface area contributed by atoms with Crippen LogP contribution in [0.2, 0.25) is 0 Å². The molecule has 1 N–H and O–H groups in total. The summed E-state index contributed by atoms with van der Waals surface area (Å²) in [5.41, 5.74) is 1.85. The smallest absolute Gasteiger partial charge is 0.335 e. The van der Waals surface area contributed by atoms with Crippen LogP contribution in [0.5, 0.6) is 0 Å². The van der Waals surface area contributed by atoms with E-state index in [9.17, 15) is 4.79 Å². The van der Waals surface area contributed by atoms with E-state index < -0.39 is 5.97 Å². The molecule has 0 unspecified atom stereocenters. The van der Waals surface area contributed by atoms with Crippen molar-refractivity contribution in [3.8, 4) is 0 Å². The minimum Gasteiger partial charge on any atom is -0.478 e. The highest BCUT2D eigenvalue weighted by molar-refractivity contribution is 14.1. The number of aromatic carboxylic acids is 1. The highest BCUT2D eigenvalue weighted by Crippen LogP contribution is 2.15. The van der Waals surface area contributed by atoms with E-state index in [0.717, 1.165) is 9.39 Å². The number of carboxylic acids is 1. The van der Waals surface area contributed by atoms with Crippen LogP contribution in [-0.2, 0) is 0 Å². The van der Waals surface area contributed by atoms with Gasteiger partial charge in [-0.25, -0.2) is 9.78 Å². The second-order valence-corrected chi connectivity index (χ2v) is 3.96. The second-order valence-electron chi connectivity index (χ2n) is 2.94. The monoisotopic (exact) mass is 302 g/mol. The highest BCUT2D eigenvalue weighted by Gasteiger charge is 2.08. The first kappa shape index (κ1) is 9.45. The number of carbonyl (C=O) groups is 1. The number of carboxylic acid groups (broad SMARTS) is 1. The molecule has 2 aromatic rings. The van der Waals surface area contributed by atoms with Crippen molar-refractivity contribution in [3.05, 3.63) is 33.3 Å². The molecule has 14 heavy (non-hydrogen) atoms. The summed E-state index contributed by atoms with van der Waals surface area (Å²) in [4.78, 5) is 14.9. The standard InChI is InChI=1S/C9H7IN2O2/c1-5-8(10)12-3-2-6(9(13)14)4-7(12)11-5/h2-4H,1H3,(H,13,14). The van der Waals surface area contributed by atoms with E-state index in [2.05, 4.69) is 27.6 Å². The molecular formula is C9H7IN2O2. The zero-order valence-corrected chi connectivity index (χ0v) is 9.52. The van der Waals surface area contributed by atoms with Crippen molar-refractivity contribution in [3.63, 3.8) is 0 Å². The molecule has 0 fully saturated rings. The summed E-state index contributed by atoms with van der Waals surface area (Å²) in [6.07, 6.45) is 1.72. The van der Waals surface area contributed by atoms with Gasteiger partial charge in [-0.05, 0) is 41.6 Å². The lowest BCUT2D eigenvalue weighted by atomic mass is 10.3. The third kappa shape index (κ3) is 1.37. The lowest BCUT2D eigenvalue weighted by Crippen LogP contribution is -1.97. The van der Waals surface area contributed by atoms with E-state index in [1.54, 1.807) is 18.3 Å². The van der Waals surface area contributed by atoms with Crippen LogP contribution in [0.4, 0.5) is 0 Å². The molecule has 0 radical (unpaired) electrons. The number of rotatable bonds is 1. The number of hydrogen-bond acceptors (Lipinski definition) is 2. The molecule has 2 aromatic heterocycles. The maximum Gasteiger partial charge on any atom is 0.335 e. The second kappa shape index (κ2) is 3.23. The van der Waals surface area contributed by atoms with Crippen molar-refractivity contribution < 1.29 is 9.90 Å². The molecule has 2 rings (SSSR count). The van der Waals surface area contributed by atoms with Gasteiger partial charge in [0, 0.05) is 6.20 Å². The SMILES string of the molecule is Cc1nc2cc(C(=O)O)ccn2c1I. The van der Waals surface area contributed by atoms with Crippen LogP contribution in [0.25, 0.3) is 5.65 Å². The molecule has 2 heterocycles. The van der Waals surface area contributed by atoms with Crippen molar-refractivity contribution in [2.75, 3.05) is 0 Å². The average Bonchev–Trinajstić information content (AvgIpc) is 2.42. The van der Waals surface area contributed by atoms with Gasteiger partial charge in [0.05, 0.1) is 11.3 Å². The minimum atomic E-state index is -0.928. The maximum atomic E-state index is 10.7. The van der Waals surface area contributed by atoms with Gasteiger partial charge >= 0.3 is 5.97 Å². The summed E-state index contributed by atoms with van der Waals surface area (Å²) in [6, 6.07) is 3.14. The Morgan fingerprint density at radius 1 is 1.64 bits per heavy atom. The van der Waals surface area contributed by atoms with Crippen LogP contribution >= 0.6 is 22.6 Å². The first-order valence-electron chi connectivity index (χ1n) is 3.97. The summed E-state index contributed by atoms with van der Waals surface area (Å²) in [5, 5.41) is 8.78. The lowest BCUT2D eigenvalue weighted by Gasteiger charge is -1.96. The van der Waals surface area contributed by atoms with Gasteiger partial charge in [0.25, 0.3) is 0 Å². The molecular weight excluding hydrogens is 295 g/mol. The molecule has 0 saturated heterocycles. The molecule has 72 valence electrons. The van der Waals surface area contributed by atoms with Gasteiger partial charge in [0.1, 0.15) is 9.35 Å². The molecule has 0 atom stereocenters. The molecule has 0 bridgehead atoms. The van der Waals surface area contributed by atoms with Crippen molar-refractivity contribution in [2.45, 2.75) is 6.92 Å². The minimum absolute atomic E-state index is 0.263. The first-order chi connectivity index (χ1) is 6.59. The third-order valence-corrected chi connectivity index (χ3v) is 3.27. The van der Waals surface area contributed by atoms with E-state index in [4.69, 9.17) is 5.11 Å². The molecule has 0 aliphatic carbocycles. The van der Waals surface area contributed by atoms with Gasteiger partial charge < -0.3 is 5.11 Å². The van der Waals surface area contributed by atoms with Crippen LogP contribution < -0.4 is 0 Å². The molecule has 5 heteroatoms. The Bertz CT molecular complexity index is 519. The zero-order chi connectivity index (χ0) is 10.3. The van der Waals surface area contributed by atoms with Gasteiger partial charge in [0.2, 0.25) is 0 Å². The van der Waals surface area contributed by atoms with Crippen LogP contribution in [-0.4, -0.2) is 20.5 Å². The van der Waals surface area contributed by atoms with E-state index >= 15 is 0 Å². The Kier molecular flexibility index (Phi) is 2.18. The van der Waals surface area contributed by atoms with E-state index in [1.165, 1.54) is 0 Å². The van der Waals surface area contributed by atoms with Crippen LogP contribution in [0.1, 0.15) is 16.1 Å². The Balaban J connectivity index is 2.73. The molecule has 0 spiro atoms. The number of aromatic nitrogens is 2. The maximum absolute atomic E-state index is 10.7. The molecule has 0 aliphatic heterocycles. The van der Waals surface area contributed by atoms with Gasteiger partial charge in [0.15, 0.2) is 0 Å². The first-order valence-corrected chi connectivity index (χ1v) is 5.05. The van der Waals surface area contributed by atoms with Crippen LogP contribution in [0.3, 0.4) is 0 Å². The van der Waals surface area contributed by atoms with E-state index in [1.807, 2.05) is 11.3 Å². The quantitative estimate of drug-likeness (QED) is 0.819. The van der Waals surface area contributed by atoms with Gasteiger partial charge in [-0.15, -0.1) is 0 Å². The fraction of sp³-hybridized carbons (Fsp3) is 0.111. The number of halogens is 1. The number of nitrogens with zero attached hydrogens (tertiary/aromatic N) is 2. The number of hydrogen-bond donors (Lipinski definition) is 1. The predicted octanol–water partition coefficient (Wildman–Crippen LogP) is 1.95. The summed E-state index contributed by atoms with van der Waals surface area (Å²) >= 11 is 2.18. The van der Waals surface area contributed by atoms with Crippen molar-refractivity contribution in [1.29, 1.82) is 0 Å². The Morgan fingerprint density at radius 3 is 3.00 bits per heavy atom. The number of pyridine rings is 1. The normalized spacial score (nSPS) is 10.7. The van der Waals surface area contributed by atoms with E-state index in [0.29, 0.717) is 5.65 Å². The molecule has 0 aromatic carbocycles. The molecule has 0 saturated carbocycles. The Labute approximate surface area is 93.7 Å².